The maximum absolute atomic E-state index is 12.1. The van der Waals surface area contributed by atoms with Crippen molar-refractivity contribution in [2.45, 2.75) is 12.6 Å². The number of nitrogens with zero attached hydrogens (tertiary/aromatic N) is 1. The molecular formula is C14H21N3O4. The highest BCUT2D eigenvalue weighted by molar-refractivity contribution is 5.94. The predicted molar refractivity (Wildman–Crippen MR) is 77.7 cm³/mol. The van der Waals surface area contributed by atoms with Gasteiger partial charge in [0.05, 0.1) is 12.7 Å². The lowest BCUT2D eigenvalue weighted by molar-refractivity contribution is 0.0380. The summed E-state index contributed by atoms with van der Waals surface area (Å²) in [5, 5.41) is 12.1. The summed E-state index contributed by atoms with van der Waals surface area (Å²) in [6, 6.07) is 6.21. The first kappa shape index (κ1) is 16.9. The van der Waals surface area contributed by atoms with Crippen molar-refractivity contribution in [1.82, 2.24) is 10.2 Å². The van der Waals surface area contributed by atoms with E-state index in [4.69, 9.17) is 10.5 Å². The molecule has 21 heavy (non-hydrogen) atoms. The molecule has 0 radical (unpaired) electrons. The van der Waals surface area contributed by atoms with Gasteiger partial charge in [0.1, 0.15) is 0 Å². The van der Waals surface area contributed by atoms with Crippen molar-refractivity contribution < 1.29 is 19.4 Å². The van der Waals surface area contributed by atoms with Crippen LogP contribution in [0.2, 0.25) is 0 Å². The summed E-state index contributed by atoms with van der Waals surface area (Å²) in [5.41, 5.74) is 6.33. The highest BCUT2D eigenvalue weighted by Gasteiger charge is 2.15. The summed E-state index contributed by atoms with van der Waals surface area (Å²) in [5.74, 6) is -0.195. The molecule has 7 heteroatoms. The Morgan fingerprint density at radius 3 is 2.52 bits per heavy atom. The summed E-state index contributed by atoms with van der Waals surface area (Å²) < 4.78 is 4.82. The number of carbonyl (C=O) groups excluding carboxylic acids is 2. The van der Waals surface area contributed by atoms with Crippen molar-refractivity contribution in [2.75, 3.05) is 27.3 Å². The van der Waals surface area contributed by atoms with Crippen LogP contribution in [0.3, 0.4) is 0 Å². The van der Waals surface area contributed by atoms with Crippen LogP contribution in [0.5, 0.6) is 0 Å². The van der Waals surface area contributed by atoms with Crippen LogP contribution < -0.4 is 11.1 Å². The van der Waals surface area contributed by atoms with E-state index in [9.17, 15) is 14.7 Å². The highest BCUT2D eigenvalue weighted by Crippen LogP contribution is 2.07. The van der Waals surface area contributed by atoms with Gasteiger partial charge in [-0.25, -0.2) is 4.79 Å². The van der Waals surface area contributed by atoms with E-state index in [1.165, 1.54) is 12.0 Å². The number of rotatable bonds is 7. The third kappa shape index (κ3) is 5.80. The van der Waals surface area contributed by atoms with E-state index < -0.39 is 12.1 Å². The van der Waals surface area contributed by atoms with Gasteiger partial charge in [0, 0.05) is 32.8 Å². The number of benzene rings is 1. The monoisotopic (exact) mass is 295 g/mol. The molecule has 7 nitrogen and oxygen atoms in total. The summed E-state index contributed by atoms with van der Waals surface area (Å²) >= 11 is 0. The average Bonchev–Trinajstić information content (AvgIpc) is 2.45. The number of nitrogens with two attached hydrogens (primary N) is 1. The number of aliphatic hydroxyl groups excluding tert-OH is 1. The maximum atomic E-state index is 12.1. The van der Waals surface area contributed by atoms with Gasteiger partial charge in [-0.15, -0.1) is 0 Å². The Kier molecular flexibility index (Phi) is 6.64. The van der Waals surface area contributed by atoms with Gasteiger partial charge in [0.2, 0.25) is 0 Å². The first-order chi connectivity index (χ1) is 9.93. The minimum Gasteiger partial charge on any atom is -0.389 e. The molecule has 0 aliphatic heterocycles. The van der Waals surface area contributed by atoms with Crippen molar-refractivity contribution in [3.05, 3.63) is 35.4 Å². The van der Waals surface area contributed by atoms with Crippen LogP contribution in [0.15, 0.2) is 24.3 Å². The first-order valence-corrected chi connectivity index (χ1v) is 6.48. The standard InChI is InChI=1S/C14H21N3O4/c1-17(8-12(18)9-21-2)13(19)11-5-3-10(4-6-11)7-16-14(15)20/h3-6,12,18H,7-9H2,1-2H3,(H3,15,16,20). The molecule has 0 saturated carbocycles. The molecule has 0 aliphatic rings. The van der Waals surface area contributed by atoms with E-state index in [0.717, 1.165) is 5.56 Å². The van der Waals surface area contributed by atoms with Gasteiger partial charge in [-0.3, -0.25) is 4.79 Å². The molecule has 0 aromatic heterocycles. The zero-order chi connectivity index (χ0) is 15.8. The molecule has 0 spiro atoms. The Balaban J connectivity index is 2.59. The molecule has 0 aliphatic carbocycles. The molecule has 1 aromatic carbocycles. The van der Waals surface area contributed by atoms with Gasteiger partial charge < -0.3 is 25.8 Å². The summed E-state index contributed by atoms with van der Waals surface area (Å²) in [4.78, 5) is 24.2. The number of methoxy groups -OCH3 is 1. The quantitative estimate of drug-likeness (QED) is 0.655. The molecule has 0 heterocycles. The van der Waals surface area contributed by atoms with Gasteiger partial charge in [0.25, 0.3) is 5.91 Å². The lowest BCUT2D eigenvalue weighted by atomic mass is 10.1. The molecule has 1 unspecified atom stereocenters. The number of hydrogen-bond donors (Lipinski definition) is 3. The predicted octanol–water partition coefficient (Wildman–Crippen LogP) is -0.0658. The number of primary amides is 1. The molecule has 3 amide bonds. The van der Waals surface area contributed by atoms with Gasteiger partial charge in [-0.1, -0.05) is 12.1 Å². The highest BCUT2D eigenvalue weighted by atomic mass is 16.5. The van der Waals surface area contributed by atoms with Gasteiger partial charge in [0.15, 0.2) is 0 Å². The molecule has 116 valence electrons. The lowest BCUT2D eigenvalue weighted by Gasteiger charge is -2.20. The van der Waals surface area contributed by atoms with Gasteiger partial charge in [-0.2, -0.15) is 0 Å². The van der Waals surface area contributed by atoms with Crippen LogP contribution in [-0.4, -0.2) is 55.4 Å². The fraction of sp³-hybridized carbons (Fsp3) is 0.429. The second-order valence-corrected chi connectivity index (χ2v) is 4.71. The molecule has 1 rings (SSSR count). The smallest absolute Gasteiger partial charge is 0.312 e. The van der Waals surface area contributed by atoms with E-state index in [1.54, 1.807) is 31.3 Å². The molecule has 1 atom stereocenters. The molecule has 0 bridgehead atoms. The van der Waals surface area contributed by atoms with Crippen LogP contribution in [0.25, 0.3) is 0 Å². The van der Waals surface area contributed by atoms with Gasteiger partial charge in [-0.05, 0) is 17.7 Å². The summed E-state index contributed by atoms with van der Waals surface area (Å²) in [7, 11) is 3.10. The second-order valence-electron chi connectivity index (χ2n) is 4.71. The Bertz CT molecular complexity index is 476. The Morgan fingerprint density at radius 1 is 1.38 bits per heavy atom. The molecule has 1 aromatic rings. The summed E-state index contributed by atoms with van der Waals surface area (Å²) in [6.45, 7) is 0.680. The fourth-order valence-corrected chi connectivity index (χ4v) is 1.82. The number of amides is 3. The third-order valence-corrected chi connectivity index (χ3v) is 2.86. The number of nitrogens with one attached hydrogen (secondary N) is 1. The molecule has 4 N–H and O–H groups in total. The maximum Gasteiger partial charge on any atom is 0.312 e. The van der Waals surface area contributed by atoms with Crippen LogP contribution in [0.4, 0.5) is 4.79 Å². The third-order valence-electron chi connectivity index (χ3n) is 2.86. The zero-order valence-electron chi connectivity index (χ0n) is 12.2. The van der Waals surface area contributed by atoms with Crippen LogP contribution in [0.1, 0.15) is 15.9 Å². The van der Waals surface area contributed by atoms with Crippen LogP contribution in [0, 0.1) is 0 Å². The van der Waals surface area contributed by atoms with E-state index in [0.29, 0.717) is 12.1 Å². The van der Waals surface area contributed by atoms with Crippen molar-refractivity contribution in [3.63, 3.8) is 0 Å². The number of urea groups is 1. The molecule has 0 saturated heterocycles. The average molecular weight is 295 g/mol. The van der Waals surface area contributed by atoms with Crippen molar-refractivity contribution >= 4 is 11.9 Å². The number of carbonyl (C=O) groups is 2. The zero-order valence-corrected chi connectivity index (χ0v) is 12.2. The van der Waals surface area contributed by atoms with E-state index in [1.807, 2.05) is 0 Å². The number of aliphatic hydroxyl groups is 1. The lowest BCUT2D eigenvalue weighted by Crippen LogP contribution is -2.36. The first-order valence-electron chi connectivity index (χ1n) is 6.48. The summed E-state index contributed by atoms with van der Waals surface area (Å²) in [6.07, 6.45) is -0.719. The Morgan fingerprint density at radius 2 is 2.00 bits per heavy atom. The minimum atomic E-state index is -0.719. The normalized spacial score (nSPS) is 11.8. The van der Waals surface area contributed by atoms with E-state index in [2.05, 4.69) is 5.32 Å². The van der Waals surface area contributed by atoms with E-state index >= 15 is 0 Å². The SMILES string of the molecule is COCC(O)CN(C)C(=O)c1ccc(CNC(N)=O)cc1. The fourth-order valence-electron chi connectivity index (χ4n) is 1.82. The molecule has 0 fully saturated rings. The van der Waals surface area contributed by atoms with Crippen molar-refractivity contribution in [3.8, 4) is 0 Å². The van der Waals surface area contributed by atoms with Gasteiger partial charge >= 0.3 is 6.03 Å². The number of likely N-dealkylation sites (N-methyl/N-ethyl adjacent to an activating group) is 1. The van der Waals surface area contributed by atoms with Crippen molar-refractivity contribution in [1.29, 1.82) is 0 Å². The Hall–Kier alpha value is -2.12. The Labute approximate surface area is 123 Å². The van der Waals surface area contributed by atoms with E-state index in [-0.39, 0.29) is 19.1 Å². The second kappa shape index (κ2) is 8.23. The minimum absolute atomic E-state index is 0.176. The molecular weight excluding hydrogens is 274 g/mol. The van der Waals surface area contributed by atoms with Crippen LogP contribution in [-0.2, 0) is 11.3 Å². The van der Waals surface area contributed by atoms with Crippen LogP contribution >= 0.6 is 0 Å². The largest absolute Gasteiger partial charge is 0.389 e. The topological polar surface area (TPSA) is 105 Å². The van der Waals surface area contributed by atoms with Crippen molar-refractivity contribution in [2.24, 2.45) is 5.73 Å². The number of ether oxygens (including phenoxy) is 1. The number of hydrogen-bond acceptors (Lipinski definition) is 4.